The number of carbonyl (C=O) groups excluding carboxylic acids is 1. The quantitative estimate of drug-likeness (QED) is 0.857. The van der Waals surface area contributed by atoms with Gasteiger partial charge in [0.05, 0.1) is 4.99 Å². The molecule has 0 aliphatic rings. The molecule has 1 heterocycles. The number of hydrogen-bond acceptors (Lipinski definition) is 3. The monoisotopic (exact) mass is 285 g/mol. The highest BCUT2D eigenvalue weighted by atomic mass is 32.1. The minimum atomic E-state index is -0.0881. The lowest BCUT2D eigenvalue weighted by atomic mass is 10.2. The molecule has 0 unspecified atom stereocenters. The first-order chi connectivity index (χ1) is 9.68. The summed E-state index contributed by atoms with van der Waals surface area (Å²) in [7, 11) is 0. The number of carbonyl (C=O) groups is 1. The molecule has 2 aromatic rings. The number of aromatic nitrogens is 1. The summed E-state index contributed by atoms with van der Waals surface area (Å²) in [5, 5.41) is 0. The van der Waals surface area contributed by atoms with Gasteiger partial charge >= 0.3 is 0 Å². The number of nitrogens with two attached hydrogens (primary N) is 1. The number of hydrogen-bond donors (Lipinski definition) is 1. The Bertz CT molecular complexity index is 587. The van der Waals surface area contributed by atoms with E-state index in [2.05, 4.69) is 4.98 Å². The van der Waals surface area contributed by atoms with Crippen LogP contribution in [-0.2, 0) is 0 Å². The van der Waals surface area contributed by atoms with Crippen LogP contribution in [0, 0.1) is 0 Å². The number of thiocarbonyl (C=S) groups is 1. The van der Waals surface area contributed by atoms with Gasteiger partial charge in [-0.05, 0) is 24.3 Å². The average molecular weight is 285 g/mol. The van der Waals surface area contributed by atoms with Gasteiger partial charge in [0, 0.05) is 36.6 Å². The lowest BCUT2D eigenvalue weighted by Crippen LogP contribution is -2.33. The molecule has 5 heteroatoms. The molecule has 0 fully saturated rings. The molecule has 1 aromatic carbocycles. The largest absolute Gasteiger partial charge is 0.393 e. The first kappa shape index (κ1) is 14.1. The zero-order chi connectivity index (χ0) is 14.4. The zero-order valence-corrected chi connectivity index (χ0v) is 11.7. The van der Waals surface area contributed by atoms with Crippen molar-refractivity contribution >= 4 is 28.8 Å². The minimum Gasteiger partial charge on any atom is -0.393 e. The number of nitrogens with zero attached hydrogens (tertiary/aromatic N) is 2. The molecule has 0 atom stereocenters. The predicted molar refractivity (Wildman–Crippen MR) is 83.8 cm³/mol. The molecule has 0 spiro atoms. The number of amides is 1. The Morgan fingerprint density at radius 3 is 2.40 bits per heavy atom. The summed E-state index contributed by atoms with van der Waals surface area (Å²) in [6.07, 6.45) is 3.69. The van der Waals surface area contributed by atoms with Crippen molar-refractivity contribution in [3.05, 3.63) is 60.4 Å². The third-order valence-corrected chi connectivity index (χ3v) is 3.03. The van der Waals surface area contributed by atoms with E-state index in [1.54, 1.807) is 29.4 Å². The molecular weight excluding hydrogens is 270 g/mol. The SMILES string of the molecule is NC(=S)CCN(C(=O)c1ccncc1)c1ccccc1. The van der Waals surface area contributed by atoms with Crippen LogP contribution in [0.15, 0.2) is 54.9 Å². The fourth-order valence-corrected chi connectivity index (χ4v) is 1.92. The van der Waals surface area contributed by atoms with Crippen molar-refractivity contribution in [1.29, 1.82) is 0 Å². The summed E-state index contributed by atoms with van der Waals surface area (Å²) in [5.41, 5.74) is 6.96. The Hall–Kier alpha value is -2.27. The van der Waals surface area contributed by atoms with Crippen molar-refractivity contribution in [1.82, 2.24) is 4.98 Å². The maximum Gasteiger partial charge on any atom is 0.258 e. The molecule has 1 amide bonds. The van der Waals surface area contributed by atoms with Gasteiger partial charge in [-0.1, -0.05) is 30.4 Å². The van der Waals surface area contributed by atoms with Crippen LogP contribution in [0.1, 0.15) is 16.8 Å². The van der Waals surface area contributed by atoms with Crippen LogP contribution >= 0.6 is 12.2 Å². The number of anilines is 1. The van der Waals surface area contributed by atoms with E-state index in [-0.39, 0.29) is 5.91 Å². The molecule has 2 N–H and O–H groups in total. The second-order valence-corrected chi connectivity index (χ2v) is 4.77. The Balaban J connectivity index is 2.27. The molecule has 0 aliphatic heterocycles. The van der Waals surface area contributed by atoms with Crippen molar-refractivity contribution in [3.63, 3.8) is 0 Å². The number of benzene rings is 1. The van der Waals surface area contributed by atoms with Crippen LogP contribution in [0.4, 0.5) is 5.69 Å². The highest BCUT2D eigenvalue weighted by Crippen LogP contribution is 2.17. The van der Waals surface area contributed by atoms with Crippen LogP contribution in [0.5, 0.6) is 0 Å². The fraction of sp³-hybridized carbons (Fsp3) is 0.133. The minimum absolute atomic E-state index is 0.0881. The molecule has 0 aliphatic carbocycles. The van der Waals surface area contributed by atoms with Crippen LogP contribution in [0.25, 0.3) is 0 Å². The zero-order valence-electron chi connectivity index (χ0n) is 10.9. The summed E-state index contributed by atoms with van der Waals surface area (Å²) < 4.78 is 0. The highest BCUT2D eigenvalue weighted by Gasteiger charge is 2.17. The van der Waals surface area contributed by atoms with Gasteiger partial charge in [0.1, 0.15) is 0 Å². The molecule has 0 radical (unpaired) electrons. The van der Waals surface area contributed by atoms with E-state index in [1.165, 1.54) is 0 Å². The normalized spacial score (nSPS) is 10.0. The molecule has 2 rings (SSSR count). The summed E-state index contributed by atoms with van der Waals surface area (Å²) in [6.45, 7) is 0.459. The van der Waals surface area contributed by atoms with Gasteiger partial charge in [0.2, 0.25) is 0 Å². The first-order valence-corrected chi connectivity index (χ1v) is 6.64. The number of pyridine rings is 1. The van der Waals surface area contributed by atoms with Crippen LogP contribution in [0.3, 0.4) is 0 Å². The Kier molecular flexibility index (Phi) is 4.79. The van der Waals surface area contributed by atoms with Crippen molar-refractivity contribution < 1.29 is 4.79 Å². The van der Waals surface area contributed by atoms with Gasteiger partial charge in [-0.3, -0.25) is 9.78 Å². The average Bonchev–Trinajstić information content (AvgIpc) is 2.49. The fourth-order valence-electron chi connectivity index (χ4n) is 1.83. The third-order valence-electron chi connectivity index (χ3n) is 2.82. The second-order valence-electron chi connectivity index (χ2n) is 4.24. The highest BCUT2D eigenvalue weighted by molar-refractivity contribution is 7.80. The first-order valence-electron chi connectivity index (χ1n) is 6.24. The van der Waals surface area contributed by atoms with E-state index >= 15 is 0 Å². The van der Waals surface area contributed by atoms with E-state index in [0.717, 1.165) is 5.69 Å². The predicted octanol–water partition coefficient (Wildman–Crippen LogP) is 2.40. The number of rotatable bonds is 5. The smallest absolute Gasteiger partial charge is 0.258 e. The van der Waals surface area contributed by atoms with Gasteiger partial charge in [0.25, 0.3) is 5.91 Å². The Labute approximate surface area is 123 Å². The van der Waals surface area contributed by atoms with E-state index < -0.39 is 0 Å². The summed E-state index contributed by atoms with van der Waals surface area (Å²) >= 11 is 4.90. The van der Waals surface area contributed by atoms with E-state index in [0.29, 0.717) is 23.5 Å². The summed E-state index contributed by atoms with van der Waals surface area (Å²) in [4.78, 5) is 18.6. The number of para-hydroxylation sites is 1. The van der Waals surface area contributed by atoms with E-state index in [1.807, 2.05) is 30.3 Å². The van der Waals surface area contributed by atoms with Gasteiger partial charge in [-0.25, -0.2) is 0 Å². The van der Waals surface area contributed by atoms with Crippen LogP contribution < -0.4 is 10.6 Å². The molecule has 0 bridgehead atoms. The molecule has 20 heavy (non-hydrogen) atoms. The van der Waals surface area contributed by atoms with E-state index in [4.69, 9.17) is 18.0 Å². The van der Waals surface area contributed by atoms with E-state index in [9.17, 15) is 4.79 Å². The topological polar surface area (TPSA) is 59.2 Å². The maximum absolute atomic E-state index is 12.6. The lowest BCUT2D eigenvalue weighted by molar-refractivity contribution is 0.0987. The van der Waals surface area contributed by atoms with Crippen molar-refractivity contribution in [3.8, 4) is 0 Å². The summed E-state index contributed by atoms with van der Waals surface area (Å²) in [6, 6.07) is 12.9. The molecule has 1 aromatic heterocycles. The maximum atomic E-state index is 12.6. The third kappa shape index (κ3) is 3.61. The lowest BCUT2D eigenvalue weighted by Gasteiger charge is -2.22. The Morgan fingerprint density at radius 2 is 1.80 bits per heavy atom. The van der Waals surface area contributed by atoms with Crippen molar-refractivity contribution in [2.45, 2.75) is 6.42 Å². The second kappa shape index (κ2) is 6.77. The molecule has 0 saturated carbocycles. The molecule has 0 saturated heterocycles. The molecular formula is C15H15N3OS. The van der Waals surface area contributed by atoms with Crippen molar-refractivity contribution in [2.24, 2.45) is 5.73 Å². The van der Waals surface area contributed by atoms with Gasteiger partial charge < -0.3 is 10.6 Å². The standard InChI is InChI=1S/C15H15N3OS/c16-14(20)8-11-18(13-4-2-1-3-5-13)15(19)12-6-9-17-10-7-12/h1-7,9-10H,8,11H2,(H2,16,20). The molecule has 4 nitrogen and oxygen atoms in total. The summed E-state index contributed by atoms with van der Waals surface area (Å²) in [5.74, 6) is -0.0881. The molecule has 102 valence electrons. The van der Waals surface area contributed by atoms with Crippen LogP contribution in [0.2, 0.25) is 0 Å². The van der Waals surface area contributed by atoms with Gasteiger partial charge in [-0.2, -0.15) is 0 Å². The van der Waals surface area contributed by atoms with Gasteiger partial charge in [0.15, 0.2) is 0 Å². The van der Waals surface area contributed by atoms with Crippen LogP contribution in [-0.4, -0.2) is 22.4 Å². The van der Waals surface area contributed by atoms with Gasteiger partial charge in [-0.15, -0.1) is 0 Å². The Morgan fingerprint density at radius 1 is 1.15 bits per heavy atom. The van der Waals surface area contributed by atoms with Crippen molar-refractivity contribution in [2.75, 3.05) is 11.4 Å².